The SMILES string of the molecule is CC.Nc1ncc(Br)nc1OCc1ccccc1. The van der Waals surface area contributed by atoms with Crippen LogP contribution in [0.15, 0.2) is 41.1 Å². The summed E-state index contributed by atoms with van der Waals surface area (Å²) in [5.41, 5.74) is 6.69. The van der Waals surface area contributed by atoms with E-state index >= 15 is 0 Å². The summed E-state index contributed by atoms with van der Waals surface area (Å²) in [4.78, 5) is 8.03. The van der Waals surface area contributed by atoms with Gasteiger partial charge in [0.2, 0.25) is 0 Å². The van der Waals surface area contributed by atoms with Crippen LogP contribution in [0.4, 0.5) is 5.82 Å². The van der Waals surface area contributed by atoms with Crippen molar-refractivity contribution in [1.82, 2.24) is 9.97 Å². The van der Waals surface area contributed by atoms with E-state index in [1.54, 1.807) is 0 Å². The average molecular weight is 310 g/mol. The number of nitrogen functional groups attached to an aromatic ring is 1. The molecule has 0 aliphatic carbocycles. The van der Waals surface area contributed by atoms with Gasteiger partial charge in [-0.05, 0) is 21.5 Å². The molecule has 0 radical (unpaired) electrons. The molecule has 0 aliphatic heterocycles. The number of rotatable bonds is 3. The highest BCUT2D eigenvalue weighted by atomic mass is 79.9. The van der Waals surface area contributed by atoms with Gasteiger partial charge in [0.25, 0.3) is 5.88 Å². The minimum atomic E-state index is 0.291. The number of nitrogens with two attached hydrogens (primary N) is 1. The molecule has 1 heterocycles. The summed E-state index contributed by atoms with van der Waals surface area (Å²) in [7, 11) is 0. The lowest BCUT2D eigenvalue weighted by atomic mass is 10.2. The highest BCUT2D eigenvalue weighted by molar-refractivity contribution is 9.10. The van der Waals surface area contributed by atoms with E-state index in [9.17, 15) is 0 Å². The standard InChI is InChI=1S/C11H10BrN3O.C2H6/c12-9-6-14-10(13)11(15-9)16-7-8-4-2-1-3-5-8;1-2/h1-6H,7H2,(H2,13,14);1-2H3. The fourth-order valence-corrected chi connectivity index (χ4v) is 1.46. The van der Waals surface area contributed by atoms with Gasteiger partial charge in [-0.1, -0.05) is 44.2 Å². The zero-order valence-electron chi connectivity index (χ0n) is 10.4. The summed E-state index contributed by atoms with van der Waals surface area (Å²) in [6.07, 6.45) is 1.53. The van der Waals surface area contributed by atoms with E-state index in [1.807, 2.05) is 44.2 Å². The molecule has 5 heteroatoms. The van der Waals surface area contributed by atoms with Crippen LogP contribution >= 0.6 is 15.9 Å². The van der Waals surface area contributed by atoms with Crippen LogP contribution in [0.25, 0.3) is 0 Å². The van der Waals surface area contributed by atoms with Gasteiger partial charge >= 0.3 is 0 Å². The molecule has 0 bridgehead atoms. The molecule has 0 spiro atoms. The van der Waals surface area contributed by atoms with Gasteiger partial charge in [0.05, 0.1) is 6.20 Å². The van der Waals surface area contributed by atoms with E-state index < -0.39 is 0 Å². The molecule has 96 valence electrons. The zero-order valence-corrected chi connectivity index (χ0v) is 12.0. The molecule has 1 aromatic carbocycles. The highest BCUT2D eigenvalue weighted by Crippen LogP contribution is 2.19. The van der Waals surface area contributed by atoms with Crippen molar-refractivity contribution in [3.8, 4) is 5.88 Å². The van der Waals surface area contributed by atoms with E-state index in [1.165, 1.54) is 6.20 Å². The second kappa shape index (κ2) is 7.66. The molecule has 0 atom stereocenters. The minimum Gasteiger partial charge on any atom is -0.470 e. The molecule has 0 unspecified atom stereocenters. The summed E-state index contributed by atoms with van der Waals surface area (Å²) in [5, 5.41) is 0. The molecule has 2 rings (SSSR count). The molecule has 0 saturated carbocycles. The number of benzene rings is 1. The maximum absolute atomic E-state index is 5.63. The first-order valence-corrected chi connectivity index (χ1v) is 6.50. The lowest BCUT2D eigenvalue weighted by Crippen LogP contribution is -2.02. The fraction of sp³-hybridized carbons (Fsp3) is 0.231. The maximum atomic E-state index is 5.63. The van der Waals surface area contributed by atoms with Crippen molar-refractivity contribution in [1.29, 1.82) is 0 Å². The Hall–Kier alpha value is -1.62. The summed E-state index contributed by atoms with van der Waals surface area (Å²) in [5.74, 6) is 0.636. The van der Waals surface area contributed by atoms with Gasteiger partial charge < -0.3 is 10.5 Å². The minimum absolute atomic E-state index is 0.291. The van der Waals surface area contributed by atoms with Crippen LogP contribution in [0, 0.1) is 0 Å². The summed E-state index contributed by atoms with van der Waals surface area (Å²) in [6.45, 7) is 4.43. The van der Waals surface area contributed by atoms with Crippen molar-refractivity contribution >= 4 is 21.7 Å². The largest absolute Gasteiger partial charge is 0.470 e. The Morgan fingerprint density at radius 2 is 1.89 bits per heavy atom. The molecule has 0 amide bonds. The number of hydrogen-bond donors (Lipinski definition) is 1. The van der Waals surface area contributed by atoms with Crippen molar-refractivity contribution in [2.24, 2.45) is 0 Å². The Morgan fingerprint density at radius 1 is 1.22 bits per heavy atom. The molecule has 0 saturated heterocycles. The first-order chi connectivity index (χ1) is 8.75. The number of halogens is 1. The molecular weight excluding hydrogens is 294 g/mol. The fourth-order valence-electron chi connectivity index (χ4n) is 1.19. The molecule has 2 N–H and O–H groups in total. The number of ether oxygens (including phenoxy) is 1. The number of aromatic nitrogens is 2. The van der Waals surface area contributed by atoms with Gasteiger partial charge in [0.15, 0.2) is 5.82 Å². The van der Waals surface area contributed by atoms with Crippen molar-refractivity contribution in [3.05, 3.63) is 46.7 Å². The van der Waals surface area contributed by atoms with E-state index in [2.05, 4.69) is 25.9 Å². The lowest BCUT2D eigenvalue weighted by molar-refractivity contribution is 0.294. The van der Waals surface area contributed by atoms with Crippen LogP contribution in [-0.4, -0.2) is 9.97 Å². The Morgan fingerprint density at radius 3 is 2.56 bits per heavy atom. The Bertz CT molecular complexity index is 477. The third-order valence-electron chi connectivity index (χ3n) is 1.96. The van der Waals surface area contributed by atoms with Crippen LogP contribution in [0.3, 0.4) is 0 Å². The van der Waals surface area contributed by atoms with Crippen molar-refractivity contribution < 1.29 is 4.74 Å². The number of nitrogens with zero attached hydrogens (tertiary/aromatic N) is 2. The van der Waals surface area contributed by atoms with Crippen LogP contribution in [0.1, 0.15) is 19.4 Å². The highest BCUT2D eigenvalue weighted by Gasteiger charge is 2.04. The smallest absolute Gasteiger partial charge is 0.258 e. The monoisotopic (exact) mass is 309 g/mol. The third-order valence-corrected chi connectivity index (χ3v) is 2.34. The van der Waals surface area contributed by atoms with Crippen LogP contribution in [0.5, 0.6) is 5.88 Å². The predicted octanol–water partition coefficient (Wildman–Crippen LogP) is 3.43. The van der Waals surface area contributed by atoms with Crippen LogP contribution in [0.2, 0.25) is 0 Å². The van der Waals surface area contributed by atoms with E-state index in [0.29, 0.717) is 22.9 Å². The Kier molecular flexibility index (Phi) is 6.14. The van der Waals surface area contributed by atoms with Gasteiger partial charge in [0, 0.05) is 0 Å². The van der Waals surface area contributed by atoms with Gasteiger partial charge in [-0.25, -0.2) is 9.97 Å². The lowest BCUT2D eigenvalue weighted by Gasteiger charge is -2.06. The Balaban J connectivity index is 0.000000771. The topological polar surface area (TPSA) is 61.0 Å². The molecule has 18 heavy (non-hydrogen) atoms. The van der Waals surface area contributed by atoms with Crippen molar-refractivity contribution in [2.45, 2.75) is 20.5 Å². The molecule has 0 fully saturated rings. The molecule has 1 aromatic heterocycles. The van der Waals surface area contributed by atoms with Crippen LogP contribution in [-0.2, 0) is 6.61 Å². The molecule has 0 aliphatic rings. The first-order valence-electron chi connectivity index (χ1n) is 5.70. The van der Waals surface area contributed by atoms with E-state index in [-0.39, 0.29) is 0 Å². The van der Waals surface area contributed by atoms with Gasteiger partial charge in [-0.15, -0.1) is 0 Å². The number of anilines is 1. The summed E-state index contributed by atoms with van der Waals surface area (Å²) >= 11 is 3.21. The second-order valence-corrected chi connectivity index (χ2v) is 3.97. The molecule has 4 nitrogen and oxygen atoms in total. The van der Waals surface area contributed by atoms with E-state index in [0.717, 1.165) is 5.56 Å². The summed E-state index contributed by atoms with van der Waals surface area (Å²) in [6, 6.07) is 9.81. The first kappa shape index (κ1) is 14.4. The number of hydrogen-bond acceptors (Lipinski definition) is 4. The van der Waals surface area contributed by atoms with Gasteiger partial charge in [0.1, 0.15) is 11.2 Å². The van der Waals surface area contributed by atoms with Gasteiger partial charge in [-0.3, -0.25) is 0 Å². The summed E-state index contributed by atoms with van der Waals surface area (Å²) < 4.78 is 6.08. The van der Waals surface area contributed by atoms with Crippen molar-refractivity contribution in [2.75, 3.05) is 5.73 Å². The normalized spacial score (nSPS) is 9.28. The second-order valence-electron chi connectivity index (χ2n) is 3.16. The van der Waals surface area contributed by atoms with E-state index in [4.69, 9.17) is 10.5 Å². The van der Waals surface area contributed by atoms with Crippen LogP contribution < -0.4 is 10.5 Å². The maximum Gasteiger partial charge on any atom is 0.258 e. The Labute approximate surface area is 115 Å². The van der Waals surface area contributed by atoms with Gasteiger partial charge in [-0.2, -0.15) is 0 Å². The predicted molar refractivity (Wildman–Crippen MR) is 76.3 cm³/mol. The van der Waals surface area contributed by atoms with Crippen molar-refractivity contribution in [3.63, 3.8) is 0 Å². The average Bonchev–Trinajstić information content (AvgIpc) is 2.43. The molecular formula is C13H16BrN3O. The third kappa shape index (κ3) is 4.33. The molecule has 2 aromatic rings. The quantitative estimate of drug-likeness (QED) is 0.943. The zero-order chi connectivity index (χ0) is 13.4.